The molecule has 1 atom stereocenters. The molecule has 8 rings (SSSR count). The minimum atomic E-state index is -1.05. The molecular weight excluding hydrogens is 734 g/mol. The molecule has 1 N–H and O–H groups in total. The molecule has 0 fully saturated rings. The van der Waals surface area contributed by atoms with Crippen molar-refractivity contribution < 1.29 is 28.8 Å². The van der Waals surface area contributed by atoms with Crippen molar-refractivity contribution in [3.63, 3.8) is 0 Å². The fraction of sp³-hybridized carbons (Fsp3) is 0.136. The van der Waals surface area contributed by atoms with Gasteiger partial charge in [0, 0.05) is 59.3 Å². The summed E-state index contributed by atoms with van der Waals surface area (Å²) in [7, 11) is 0. The van der Waals surface area contributed by atoms with Crippen LogP contribution < -0.4 is 18.9 Å². The molecule has 5 aromatic heterocycles. The Morgan fingerprint density at radius 1 is 0.636 bits per heavy atom. The summed E-state index contributed by atoms with van der Waals surface area (Å²) in [5.41, 5.74) is 7.71. The Labute approximate surface area is 347 Å². The summed E-state index contributed by atoms with van der Waals surface area (Å²) in [5.74, 6) is 0.0809. The molecule has 272 valence electrons. The van der Waals surface area contributed by atoms with E-state index in [-0.39, 0.29) is 24.6 Å². The maximum Gasteiger partial charge on any atom is 1.00 e. The number of rotatable bonds is 6. The number of pyridine rings is 2. The molecule has 0 amide bonds. The van der Waals surface area contributed by atoms with Crippen molar-refractivity contribution >= 4 is 39.8 Å². The molecule has 11 heteroatoms. The molecule has 3 aromatic carbocycles. The number of aromatic nitrogens is 5. The molecule has 0 saturated carbocycles. The molecule has 1 unspecified atom stereocenters. The molecule has 0 aliphatic carbocycles. The number of carbonyl (C=O) groups excluding carboxylic acids is 1. The number of hydrogen-bond donors (Lipinski definition) is 1. The molecule has 5 heterocycles. The van der Waals surface area contributed by atoms with Gasteiger partial charge in [-0.25, -0.2) is 9.97 Å². The number of carbonyl (C=O) groups is 1. The first-order valence-corrected chi connectivity index (χ1v) is 19.5. The number of aryl methyl sites for hydroxylation is 3. The first-order chi connectivity index (χ1) is 26.1. The predicted octanol–water partition coefficient (Wildman–Crippen LogP) is 8.09. The largest absolute Gasteiger partial charge is 1.00 e. The van der Waals surface area contributed by atoms with Gasteiger partial charge in [0.15, 0.2) is 5.78 Å². The summed E-state index contributed by atoms with van der Waals surface area (Å²) in [4.78, 5) is 32.1. The van der Waals surface area contributed by atoms with E-state index < -0.39 is 5.60 Å². The number of ketones is 1. The van der Waals surface area contributed by atoms with E-state index in [0.29, 0.717) is 5.56 Å². The second-order valence-electron chi connectivity index (χ2n) is 12.3. The van der Waals surface area contributed by atoms with E-state index in [4.69, 9.17) is 0 Å². The van der Waals surface area contributed by atoms with Crippen molar-refractivity contribution in [1.82, 2.24) is 24.9 Å². The Hall–Kier alpha value is -4.92. The van der Waals surface area contributed by atoms with E-state index in [9.17, 15) is 9.90 Å². The van der Waals surface area contributed by atoms with E-state index >= 15 is 0 Å². The summed E-state index contributed by atoms with van der Waals surface area (Å²) in [6.07, 6.45) is 11.9. The molecule has 0 saturated heterocycles. The third kappa shape index (κ3) is 12.8. The first kappa shape index (κ1) is 42.8. The number of hydrogen-bond acceptors (Lipinski definition) is 10. The van der Waals surface area contributed by atoms with E-state index in [2.05, 4.69) is 124 Å². The van der Waals surface area contributed by atoms with Crippen molar-refractivity contribution in [2.75, 3.05) is 0 Å². The van der Waals surface area contributed by atoms with Gasteiger partial charge in [0.25, 0.3) is 0 Å². The van der Waals surface area contributed by atoms with Crippen LogP contribution in [0.15, 0.2) is 146 Å². The Morgan fingerprint density at radius 3 is 1.56 bits per heavy atom. The first-order valence-electron chi connectivity index (χ1n) is 17.0. The summed E-state index contributed by atoms with van der Waals surface area (Å²) < 4.78 is 0. The van der Waals surface area contributed by atoms with Crippen LogP contribution in [-0.4, -0.2) is 35.8 Å². The van der Waals surface area contributed by atoms with Crippen molar-refractivity contribution in [2.24, 2.45) is 0 Å². The van der Waals surface area contributed by atoms with Gasteiger partial charge in [-0.2, -0.15) is 5.38 Å². The van der Waals surface area contributed by atoms with Gasteiger partial charge >= 0.3 is 18.9 Å². The Kier molecular flexibility index (Phi) is 16.5. The van der Waals surface area contributed by atoms with Gasteiger partial charge in [-0.1, -0.05) is 101 Å². The Bertz CT molecular complexity index is 2200. The molecule has 0 spiro atoms. The van der Waals surface area contributed by atoms with Crippen LogP contribution in [-0.2, 0) is 5.60 Å². The van der Waals surface area contributed by atoms with Crippen LogP contribution in [0.3, 0.4) is 0 Å². The Morgan fingerprint density at radius 2 is 1.13 bits per heavy atom. The van der Waals surface area contributed by atoms with Crippen LogP contribution >= 0.6 is 34.0 Å². The van der Waals surface area contributed by atoms with E-state index in [1.165, 1.54) is 46.1 Å². The van der Waals surface area contributed by atoms with Crippen molar-refractivity contribution in [3.8, 4) is 31.7 Å². The zero-order valence-corrected chi connectivity index (χ0v) is 34.1. The molecule has 55 heavy (non-hydrogen) atoms. The van der Waals surface area contributed by atoms with E-state index in [1.807, 2.05) is 23.7 Å². The summed E-state index contributed by atoms with van der Waals surface area (Å²) in [5, 5.41) is 18.8. The number of thiazole rings is 3. The maximum atomic E-state index is 10.8. The van der Waals surface area contributed by atoms with Crippen LogP contribution in [0.1, 0.15) is 51.3 Å². The van der Waals surface area contributed by atoms with E-state index in [1.54, 1.807) is 78.9 Å². The molecule has 0 aliphatic heterocycles. The van der Waals surface area contributed by atoms with Crippen molar-refractivity contribution in [3.05, 3.63) is 184 Å². The van der Waals surface area contributed by atoms with E-state index in [0.717, 1.165) is 31.0 Å². The molecule has 0 radical (unpaired) electrons. The zero-order chi connectivity index (χ0) is 38.3. The molecular formula is C44H40LiN5O2S3. The van der Waals surface area contributed by atoms with Gasteiger partial charge in [0.1, 0.15) is 15.6 Å². The number of aliphatic hydroxyl groups is 1. The van der Waals surface area contributed by atoms with Crippen molar-refractivity contribution in [1.29, 1.82) is 0 Å². The van der Waals surface area contributed by atoms with Crippen LogP contribution in [0, 0.1) is 26.2 Å². The van der Waals surface area contributed by atoms with Gasteiger partial charge in [-0.05, 0) is 69.5 Å². The predicted molar refractivity (Wildman–Crippen MR) is 223 cm³/mol. The molecule has 7 nitrogen and oxygen atoms in total. The second-order valence-corrected chi connectivity index (χ2v) is 15.1. The smallest absolute Gasteiger partial charge is 0.380 e. The number of Topliss-reactive ketones (excluding diaryl/α,β-unsaturated/α-hetero) is 1. The third-order valence-electron chi connectivity index (χ3n) is 8.03. The minimum Gasteiger partial charge on any atom is -0.380 e. The second kappa shape index (κ2) is 21.2. The molecule has 0 bridgehead atoms. The standard InChI is InChI=1S/C17H16N2OS.C10H9NS.C10H8NS.C7H7NO.Li/c1-12-3-5-13(6-4-12)16-19-11-15(21-16)17(2,20)14-7-9-18-10-8-14;2*1-8-2-4-9(5-3-8)10-11-6-7-12-10;1-6(9)7-2-4-8-5-3-7;/h3-11,20H,1-2H3;2-7H,1H3;2-6H,1H3;2-5H,1H3;/q;;-1;;+1. The fourth-order valence-electron chi connectivity index (χ4n) is 4.82. The molecule has 8 aromatic rings. The summed E-state index contributed by atoms with van der Waals surface area (Å²) in [6.45, 7) is 9.55. The van der Waals surface area contributed by atoms with Crippen LogP contribution in [0.2, 0.25) is 0 Å². The number of nitrogens with zero attached hydrogens (tertiary/aromatic N) is 5. The summed E-state index contributed by atoms with van der Waals surface area (Å²) in [6, 6.07) is 32.1. The van der Waals surface area contributed by atoms with Crippen LogP contribution in [0.5, 0.6) is 0 Å². The minimum absolute atomic E-state index is 0. The van der Waals surface area contributed by atoms with Gasteiger partial charge < -0.3 is 21.4 Å². The number of benzene rings is 3. The molecule has 0 aliphatic rings. The van der Waals surface area contributed by atoms with Crippen LogP contribution in [0.4, 0.5) is 0 Å². The average molecular weight is 774 g/mol. The Balaban J connectivity index is 0.000000171. The monoisotopic (exact) mass is 773 g/mol. The maximum absolute atomic E-state index is 10.8. The van der Waals surface area contributed by atoms with Crippen molar-refractivity contribution in [2.45, 2.75) is 40.2 Å². The topological polar surface area (TPSA) is 102 Å². The SMILES string of the molecule is CC(=O)c1ccncc1.Cc1ccc(-c2nc[c-]s2)cc1.Cc1ccc(-c2ncc(C(C)(O)c3ccncc3)s2)cc1.Cc1ccc(-c2nccs2)cc1.[Li+]. The zero-order valence-electron chi connectivity index (χ0n) is 31.7. The van der Waals surface area contributed by atoms with Gasteiger partial charge in [0.05, 0.1) is 4.88 Å². The average Bonchev–Trinajstić information content (AvgIpc) is 4.02. The quantitative estimate of drug-likeness (QED) is 0.104. The third-order valence-corrected chi connectivity index (χ3v) is 10.9. The van der Waals surface area contributed by atoms with Gasteiger partial charge in [-0.15, -0.1) is 22.7 Å². The summed E-state index contributed by atoms with van der Waals surface area (Å²) >= 11 is 4.73. The fourth-order valence-corrected chi connectivity index (χ4v) is 7.03. The van der Waals surface area contributed by atoms with Gasteiger partial charge in [-0.3, -0.25) is 14.8 Å². The van der Waals surface area contributed by atoms with Crippen LogP contribution in [0.25, 0.3) is 31.7 Å². The van der Waals surface area contributed by atoms with Gasteiger partial charge in [0.2, 0.25) is 0 Å². The normalized spacial score (nSPS) is 11.2.